The van der Waals surface area contributed by atoms with Crippen LogP contribution in [0.1, 0.15) is 12.5 Å². The maximum atomic E-state index is 11.3. The molecule has 0 aliphatic heterocycles. The molecule has 1 atom stereocenters. The lowest BCUT2D eigenvalue weighted by Gasteiger charge is -2.07. The van der Waals surface area contributed by atoms with E-state index in [2.05, 4.69) is 21.2 Å². The minimum Gasteiger partial charge on any atom is -0.325 e. The average molecular weight is 277 g/mol. The minimum absolute atomic E-state index is 0.187. The molecule has 0 aromatic heterocycles. The van der Waals surface area contributed by atoms with Crippen molar-refractivity contribution in [3.8, 4) is 0 Å². The predicted octanol–water partition coefficient (Wildman–Crippen LogP) is 3.32. The summed E-state index contributed by atoms with van der Waals surface area (Å²) in [5, 5.41) is 2.20. The summed E-state index contributed by atoms with van der Waals surface area (Å²) in [6, 6.07) is 5.61. The Kier molecular flexibility index (Phi) is 3.96. The zero-order valence-corrected chi connectivity index (χ0v) is 10.3. The molecule has 2 nitrogen and oxygen atoms in total. The lowest BCUT2D eigenvalue weighted by molar-refractivity contribution is -0.115. The Bertz CT molecular complexity index is 352. The average Bonchev–Trinajstić information content (AvgIpc) is 2.11. The number of hydrogen-bond acceptors (Lipinski definition) is 1. The molecule has 0 saturated heterocycles. The Labute approximate surface area is 96.8 Å². The van der Waals surface area contributed by atoms with Gasteiger partial charge in [0, 0.05) is 10.2 Å². The Morgan fingerprint density at radius 1 is 1.57 bits per heavy atom. The highest BCUT2D eigenvalue weighted by Gasteiger charge is 2.09. The summed E-state index contributed by atoms with van der Waals surface area (Å²) in [6.45, 7) is 3.60. The molecule has 76 valence electrons. The van der Waals surface area contributed by atoms with Crippen molar-refractivity contribution < 1.29 is 4.79 Å². The third-order valence-corrected chi connectivity index (χ3v) is 2.87. The van der Waals surface area contributed by atoms with Gasteiger partial charge in [-0.25, -0.2) is 0 Å². The third-order valence-electron chi connectivity index (χ3n) is 1.79. The fourth-order valence-electron chi connectivity index (χ4n) is 0.964. The van der Waals surface area contributed by atoms with E-state index in [1.54, 1.807) is 6.92 Å². The van der Waals surface area contributed by atoms with Gasteiger partial charge in [-0.3, -0.25) is 4.79 Å². The van der Waals surface area contributed by atoms with E-state index >= 15 is 0 Å². The predicted molar refractivity (Wildman–Crippen MR) is 62.8 cm³/mol. The number of carbonyl (C=O) groups excluding carboxylic acids is 1. The first-order valence-corrected chi connectivity index (χ1v) is 5.44. The lowest BCUT2D eigenvalue weighted by atomic mass is 10.2. The highest BCUT2D eigenvalue weighted by molar-refractivity contribution is 9.10. The number of alkyl halides is 1. The number of amides is 1. The maximum Gasteiger partial charge on any atom is 0.242 e. The number of nitrogens with one attached hydrogen (secondary N) is 1. The number of carbonyl (C=O) groups is 1. The second-order valence-electron chi connectivity index (χ2n) is 3.07. The van der Waals surface area contributed by atoms with Gasteiger partial charge < -0.3 is 5.32 Å². The van der Waals surface area contributed by atoms with Gasteiger partial charge in [0.15, 0.2) is 0 Å². The van der Waals surface area contributed by atoms with Gasteiger partial charge in [-0.1, -0.05) is 15.9 Å². The Hall–Kier alpha value is -0.540. The molecule has 0 aliphatic rings. The Balaban J connectivity index is 2.78. The molecule has 0 bridgehead atoms. The number of anilines is 1. The summed E-state index contributed by atoms with van der Waals surface area (Å²) >= 11 is 9.01. The minimum atomic E-state index is -0.515. The van der Waals surface area contributed by atoms with Gasteiger partial charge in [-0.2, -0.15) is 0 Å². The number of aryl methyl sites for hydroxylation is 1. The first-order valence-electron chi connectivity index (χ1n) is 4.22. The molecule has 1 amide bonds. The summed E-state index contributed by atoms with van der Waals surface area (Å²) in [6.07, 6.45) is 0. The second-order valence-corrected chi connectivity index (χ2v) is 4.58. The molecule has 1 aromatic carbocycles. The van der Waals surface area contributed by atoms with E-state index < -0.39 is 5.38 Å². The van der Waals surface area contributed by atoms with Crippen molar-refractivity contribution >= 4 is 39.1 Å². The summed E-state index contributed by atoms with van der Waals surface area (Å²) in [5.74, 6) is -0.187. The molecule has 1 aromatic rings. The molecular weight excluding hydrogens is 265 g/mol. The topological polar surface area (TPSA) is 29.1 Å². The molecule has 1 N–H and O–H groups in total. The van der Waals surface area contributed by atoms with Crippen LogP contribution in [0, 0.1) is 6.92 Å². The molecule has 0 spiro atoms. The molecule has 0 fully saturated rings. The molecule has 1 rings (SSSR count). The fraction of sp³-hybridized carbons (Fsp3) is 0.300. The Morgan fingerprint density at radius 2 is 2.21 bits per heavy atom. The highest BCUT2D eigenvalue weighted by Crippen LogP contribution is 2.20. The first kappa shape index (κ1) is 11.5. The molecule has 14 heavy (non-hydrogen) atoms. The van der Waals surface area contributed by atoms with Crippen LogP contribution in [0.25, 0.3) is 0 Å². The molecule has 4 heteroatoms. The van der Waals surface area contributed by atoms with E-state index in [0.717, 1.165) is 15.7 Å². The van der Waals surface area contributed by atoms with Crippen molar-refractivity contribution in [2.45, 2.75) is 19.2 Å². The van der Waals surface area contributed by atoms with Crippen molar-refractivity contribution in [1.29, 1.82) is 0 Å². The monoisotopic (exact) mass is 275 g/mol. The largest absolute Gasteiger partial charge is 0.325 e. The second kappa shape index (κ2) is 4.80. The van der Waals surface area contributed by atoms with Crippen LogP contribution in [0.4, 0.5) is 5.69 Å². The van der Waals surface area contributed by atoms with Crippen LogP contribution in [0.5, 0.6) is 0 Å². The van der Waals surface area contributed by atoms with Gasteiger partial charge in [-0.05, 0) is 37.6 Å². The zero-order valence-electron chi connectivity index (χ0n) is 7.97. The van der Waals surface area contributed by atoms with Gasteiger partial charge in [0.2, 0.25) is 5.91 Å². The fourth-order valence-corrected chi connectivity index (χ4v) is 1.27. The van der Waals surface area contributed by atoms with Gasteiger partial charge in [0.05, 0.1) is 0 Å². The summed E-state index contributed by atoms with van der Waals surface area (Å²) in [4.78, 5) is 11.3. The van der Waals surface area contributed by atoms with E-state index in [0.29, 0.717) is 0 Å². The smallest absolute Gasteiger partial charge is 0.242 e. The van der Waals surface area contributed by atoms with E-state index in [1.807, 2.05) is 25.1 Å². The van der Waals surface area contributed by atoms with Crippen LogP contribution in [-0.2, 0) is 4.79 Å². The van der Waals surface area contributed by atoms with Crippen LogP contribution in [0.2, 0.25) is 0 Å². The summed E-state index contributed by atoms with van der Waals surface area (Å²) in [5.41, 5.74) is 1.84. The van der Waals surface area contributed by atoms with E-state index in [-0.39, 0.29) is 5.91 Å². The summed E-state index contributed by atoms with van der Waals surface area (Å²) in [7, 11) is 0. The van der Waals surface area contributed by atoms with Crippen molar-refractivity contribution in [3.05, 3.63) is 28.2 Å². The zero-order chi connectivity index (χ0) is 10.7. The molecule has 0 saturated carbocycles. The van der Waals surface area contributed by atoms with Crippen LogP contribution in [0.3, 0.4) is 0 Å². The van der Waals surface area contributed by atoms with Crippen LogP contribution < -0.4 is 5.32 Å². The normalized spacial score (nSPS) is 12.3. The molecule has 0 heterocycles. The van der Waals surface area contributed by atoms with E-state index in [1.165, 1.54) is 0 Å². The van der Waals surface area contributed by atoms with Crippen LogP contribution >= 0.6 is 27.5 Å². The first-order chi connectivity index (χ1) is 6.50. The number of benzene rings is 1. The molecule has 0 aliphatic carbocycles. The SMILES string of the molecule is Cc1cc(NC(=O)C(C)Cl)ccc1Br. The van der Waals surface area contributed by atoms with Gasteiger partial charge >= 0.3 is 0 Å². The van der Waals surface area contributed by atoms with Crippen LogP contribution in [0.15, 0.2) is 22.7 Å². The standard InChI is InChI=1S/C10H11BrClNO/c1-6-5-8(3-4-9(6)11)13-10(14)7(2)12/h3-5,7H,1-2H3,(H,13,14). The molecule has 0 radical (unpaired) electrons. The Morgan fingerprint density at radius 3 is 2.71 bits per heavy atom. The van der Waals surface area contributed by atoms with Gasteiger partial charge in [0.25, 0.3) is 0 Å². The van der Waals surface area contributed by atoms with Crippen molar-refractivity contribution in [1.82, 2.24) is 0 Å². The summed E-state index contributed by atoms with van der Waals surface area (Å²) < 4.78 is 1.02. The highest BCUT2D eigenvalue weighted by atomic mass is 79.9. The van der Waals surface area contributed by atoms with Gasteiger partial charge in [0.1, 0.15) is 5.38 Å². The van der Waals surface area contributed by atoms with E-state index in [9.17, 15) is 4.79 Å². The van der Waals surface area contributed by atoms with Crippen LogP contribution in [-0.4, -0.2) is 11.3 Å². The van der Waals surface area contributed by atoms with Crippen molar-refractivity contribution in [2.24, 2.45) is 0 Å². The van der Waals surface area contributed by atoms with Crippen molar-refractivity contribution in [2.75, 3.05) is 5.32 Å². The number of halogens is 2. The van der Waals surface area contributed by atoms with E-state index in [4.69, 9.17) is 11.6 Å². The molecule has 1 unspecified atom stereocenters. The maximum absolute atomic E-state index is 11.3. The number of hydrogen-bond donors (Lipinski definition) is 1. The van der Waals surface area contributed by atoms with Gasteiger partial charge in [-0.15, -0.1) is 11.6 Å². The quantitative estimate of drug-likeness (QED) is 0.825. The molecular formula is C10H11BrClNO. The number of rotatable bonds is 2. The lowest BCUT2D eigenvalue weighted by Crippen LogP contribution is -2.20. The third kappa shape index (κ3) is 3.00. The van der Waals surface area contributed by atoms with Crippen molar-refractivity contribution in [3.63, 3.8) is 0 Å².